The number of likely N-dealkylation sites (N-methyl/N-ethyl adjacent to an activating group) is 1. The molecule has 1 amide bonds. The van der Waals surface area contributed by atoms with Crippen LogP contribution < -0.4 is 4.74 Å². The number of carbonyl (C=O) groups excluding carboxylic acids is 1. The molecule has 0 saturated heterocycles. The molecule has 154 valence electrons. The van der Waals surface area contributed by atoms with Crippen molar-refractivity contribution in [3.8, 4) is 16.3 Å². The zero-order chi connectivity index (χ0) is 20.5. The Bertz CT molecular complexity index is 1030. The van der Waals surface area contributed by atoms with E-state index in [4.69, 9.17) is 14.3 Å². The van der Waals surface area contributed by atoms with Crippen molar-refractivity contribution in [2.45, 2.75) is 44.6 Å². The van der Waals surface area contributed by atoms with E-state index in [9.17, 15) is 9.59 Å². The number of ether oxygens (including phenoxy) is 1. The average molecular weight is 416 g/mol. The highest BCUT2D eigenvalue weighted by molar-refractivity contribution is 7.21. The van der Waals surface area contributed by atoms with E-state index < -0.39 is 6.16 Å². The summed E-state index contributed by atoms with van der Waals surface area (Å²) in [5.74, 6) is 0.330. The van der Waals surface area contributed by atoms with Crippen LogP contribution in [0.5, 0.6) is 5.06 Å². The second-order valence-electron chi connectivity index (χ2n) is 7.63. The van der Waals surface area contributed by atoms with E-state index in [-0.39, 0.29) is 12.5 Å². The van der Waals surface area contributed by atoms with Crippen LogP contribution in [0.2, 0.25) is 0 Å². The van der Waals surface area contributed by atoms with E-state index in [0.717, 1.165) is 34.3 Å². The van der Waals surface area contributed by atoms with Crippen LogP contribution in [0.4, 0.5) is 4.79 Å². The predicted octanol–water partition coefficient (Wildman–Crippen LogP) is 5.16. The second-order valence-corrected chi connectivity index (χ2v) is 8.65. The molecule has 1 saturated carbocycles. The molecule has 0 aromatic carbocycles. The minimum Gasteiger partial charge on any atom is -0.472 e. The Hall–Kier alpha value is -2.74. The molecule has 0 spiro atoms. The Morgan fingerprint density at radius 3 is 2.69 bits per heavy atom. The second kappa shape index (κ2) is 7.94. The Labute approximate surface area is 172 Å². The maximum atomic E-state index is 12.6. The number of rotatable bonds is 5. The van der Waals surface area contributed by atoms with Gasteiger partial charge in [0.05, 0.1) is 28.4 Å². The largest absolute Gasteiger partial charge is 0.512 e. The number of furan rings is 1. The third-order valence-corrected chi connectivity index (χ3v) is 6.57. The smallest absolute Gasteiger partial charge is 0.472 e. The average Bonchev–Trinajstić information content (AvgIpc) is 3.39. The molecule has 1 aliphatic rings. The summed E-state index contributed by atoms with van der Waals surface area (Å²) in [7, 11) is 3.46. The number of amides is 1. The van der Waals surface area contributed by atoms with Gasteiger partial charge in [0, 0.05) is 25.7 Å². The molecule has 29 heavy (non-hydrogen) atoms. The number of nitrogens with zero attached hydrogens (tertiary/aromatic N) is 2. The lowest BCUT2D eigenvalue weighted by atomic mass is 9.83. The van der Waals surface area contributed by atoms with E-state index >= 15 is 0 Å². The molecular formula is C21H24N2O5S. The van der Waals surface area contributed by atoms with Crippen LogP contribution in [0.25, 0.3) is 21.5 Å². The van der Waals surface area contributed by atoms with Crippen molar-refractivity contribution in [2.75, 3.05) is 14.1 Å². The van der Waals surface area contributed by atoms with Gasteiger partial charge in [-0.15, -0.1) is 0 Å². The zero-order valence-corrected chi connectivity index (χ0v) is 17.3. The van der Waals surface area contributed by atoms with E-state index in [2.05, 4.69) is 0 Å². The summed E-state index contributed by atoms with van der Waals surface area (Å²) in [4.78, 5) is 25.2. The van der Waals surface area contributed by atoms with Gasteiger partial charge >= 0.3 is 6.16 Å². The highest BCUT2D eigenvalue weighted by atomic mass is 32.1. The summed E-state index contributed by atoms with van der Waals surface area (Å²) in [5, 5.41) is 9.37. The fourth-order valence-electron chi connectivity index (χ4n) is 4.18. The molecule has 0 radical (unpaired) electrons. The topological polar surface area (TPSA) is 84.9 Å². The van der Waals surface area contributed by atoms with Crippen molar-refractivity contribution in [3.63, 3.8) is 0 Å². The quantitative estimate of drug-likeness (QED) is 0.581. The molecule has 4 rings (SSSR count). The maximum absolute atomic E-state index is 12.6. The monoisotopic (exact) mass is 416 g/mol. The third-order valence-electron chi connectivity index (χ3n) is 5.54. The SMILES string of the molecule is CN(C)C(=O)Cn1c(-c2ccoc2)c(C2CCCCC2)c2sc(OC(=O)O)cc21. The number of fused-ring (bicyclic) bond motifs is 1. The van der Waals surface area contributed by atoms with Crippen LogP contribution in [0.3, 0.4) is 0 Å². The number of carbonyl (C=O) groups is 2. The van der Waals surface area contributed by atoms with Crippen molar-refractivity contribution in [2.24, 2.45) is 0 Å². The van der Waals surface area contributed by atoms with Gasteiger partial charge in [-0.1, -0.05) is 30.6 Å². The standard InChI is InChI=1S/C21H24N2O5S/c1-22(2)16(24)11-23-15-10-17(28-21(25)26)29-20(15)18(13-6-4-3-5-7-13)19(23)14-8-9-27-12-14/h8-10,12-13H,3-7,11H2,1-2H3,(H,25,26). The highest BCUT2D eigenvalue weighted by Gasteiger charge is 2.29. The van der Waals surface area contributed by atoms with Crippen LogP contribution >= 0.6 is 11.3 Å². The molecule has 7 nitrogen and oxygen atoms in total. The molecule has 0 atom stereocenters. The lowest BCUT2D eigenvalue weighted by Crippen LogP contribution is -2.26. The first-order chi connectivity index (χ1) is 14.0. The van der Waals surface area contributed by atoms with Crippen LogP contribution in [0, 0.1) is 0 Å². The normalized spacial score (nSPS) is 15.0. The Morgan fingerprint density at radius 2 is 2.07 bits per heavy atom. The van der Waals surface area contributed by atoms with Crippen molar-refractivity contribution < 1.29 is 23.8 Å². The molecule has 0 bridgehead atoms. The highest BCUT2D eigenvalue weighted by Crippen LogP contribution is 2.48. The molecule has 3 aromatic rings. The van der Waals surface area contributed by atoms with Gasteiger partial charge in [-0.05, 0) is 30.4 Å². The first-order valence-electron chi connectivity index (χ1n) is 9.75. The molecule has 8 heteroatoms. The maximum Gasteiger partial charge on any atom is 0.512 e. The Kier molecular flexibility index (Phi) is 5.36. The predicted molar refractivity (Wildman–Crippen MR) is 111 cm³/mol. The molecule has 3 heterocycles. The molecule has 0 unspecified atom stereocenters. The van der Waals surface area contributed by atoms with Gasteiger partial charge in [0.15, 0.2) is 5.06 Å². The Balaban J connectivity index is 1.94. The summed E-state index contributed by atoms with van der Waals surface area (Å²) >= 11 is 1.33. The first-order valence-corrected chi connectivity index (χ1v) is 10.6. The van der Waals surface area contributed by atoms with Gasteiger partial charge < -0.3 is 23.7 Å². The molecule has 1 fully saturated rings. The molecule has 0 aliphatic heterocycles. The lowest BCUT2D eigenvalue weighted by molar-refractivity contribution is -0.129. The zero-order valence-electron chi connectivity index (χ0n) is 16.5. The number of hydrogen-bond acceptors (Lipinski definition) is 5. The van der Waals surface area contributed by atoms with Crippen LogP contribution in [-0.2, 0) is 11.3 Å². The fourth-order valence-corrected chi connectivity index (χ4v) is 5.32. The molecule has 3 aromatic heterocycles. The summed E-state index contributed by atoms with van der Waals surface area (Å²) < 4.78 is 13.3. The Morgan fingerprint density at radius 1 is 1.31 bits per heavy atom. The van der Waals surface area contributed by atoms with Crippen molar-refractivity contribution in [1.29, 1.82) is 0 Å². The van der Waals surface area contributed by atoms with Gasteiger partial charge in [0.1, 0.15) is 6.54 Å². The summed E-state index contributed by atoms with van der Waals surface area (Å²) in [5.41, 5.74) is 3.93. The van der Waals surface area contributed by atoms with Crippen LogP contribution in [-0.4, -0.2) is 40.7 Å². The molecule has 1 aliphatic carbocycles. The fraction of sp³-hybridized carbons (Fsp3) is 0.429. The van der Waals surface area contributed by atoms with Crippen molar-refractivity contribution >= 4 is 33.6 Å². The van der Waals surface area contributed by atoms with Gasteiger partial charge in [-0.2, -0.15) is 0 Å². The summed E-state index contributed by atoms with van der Waals surface area (Å²) in [6.07, 6.45) is 7.74. The number of thiophene rings is 1. The van der Waals surface area contributed by atoms with Crippen molar-refractivity contribution in [3.05, 3.63) is 30.2 Å². The summed E-state index contributed by atoms with van der Waals surface area (Å²) in [6, 6.07) is 3.64. The van der Waals surface area contributed by atoms with E-state index in [1.54, 1.807) is 37.6 Å². The minimum atomic E-state index is -1.33. The lowest BCUT2D eigenvalue weighted by Gasteiger charge is -2.23. The van der Waals surface area contributed by atoms with E-state index in [1.165, 1.54) is 36.2 Å². The number of carboxylic acid groups (broad SMARTS) is 1. The molecule has 1 N–H and O–H groups in total. The number of aromatic nitrogens is 1. The van der Waals surface area contributed by atoms with Gasteiger partial charge in [-0.3, -0.25) is 4.79 Å². The van der Waals surface area contributed by atoms with Gasteiger partial charge in [-0.25, -0.2) is 4.79 Å². The van der Waals surface area contributed by atoms with E-state index in [0.29, 0.717) is 11.0 Å². The van der Waals surface area contributed by atoms with E-state index in [1.807, 2.05) is 10.6 Å². The first kappa shape index (κ1) is 19.6. The third kappa shape index (κ3) is 3.76. The number of hydrogen-bond donors (Lipinski definition) is 1. The van der Waals surface area contributed by atoms with Crippen LogP contribution in [0.1, 0.15) is 43.6 Å². The minimum absolute atomic E-state index is 0.0336. The van der Waals surface area contributed by atoms with Crippen molar-refractivity contribution in [1.82, 2.24) is 9.47 Å². The van der Waals surface area contributed by atoms with Crippen LogP contribution in [0.15, 0.2) is 29.1 Å². The summed E-state index contributed by atoms with van der Waals surface area (Å²) in [6.45, 7) is 0.167. The van der Waals surface area contributed by atoms with Gasteiger partial charge in [0.25, 0.3) is 0 Å². The van der Waals surface area contributed by atoms with Gasteiger partial charge in [0.2, 0.25) is 5.91 Å². The molecular weight excluding hydrogens is 392 g/mol.